The first-order chi connectivity index (χ1) is 12.5. The molecule has 1 N–H and O–H groups in total. The average molecular weight is 400 g/mol. The van der Waals surface area contributed by atoms with Crippen LogP contribution in [-0.4, -0.2) is 29.3 Å². The molecule has 11 heteroatoms. The van der Waals surface area contributed by atoms with E-state index < -0.39 is 61.2 Å². The third-order valence-electron chi connectivity index (χ3n) is 3.65. The molecular formula is C16H12F4N4O2S. The van der Waals surface area contributed by atoms with Gasteiger partial charge in [-0.2, -0.15) is 18.4 Å². The normalized spacial score (nSPS) is 13.0. The van der Waals surface area contributed by atoms with Crippen LogP contribution in [0.4, 0.5) is 17.6 Å². The Hall–Kier alpha value is -2.87. The van der Waals surface area contributed by atoms with Gasteiger partial charge in [0.15, 0.2) is 15.7 Å². The minimum atomic E-state index is -4.88. The Morgan fingerprint density at radius 2 is 1.96 bits per heavy atom. The van der Waals surface area contributed by atoms with Crippen molar-refractivity contribution in [1.29, 1.82) is 10.7 Å². The van der Waals surface area contributed by atoms with E-state index in [1.54, 1.807) is 6.07 Å². The maximum Gasteiger partial charge on any atom is 0.417 e. The molecule has 1 atom stereocenters. The number of nitrogens with one attached hydrogen (secondary N) is 1. The summed E-state index contributed by atoms with van der Waals surface area (Å²) in [6, 6.07) is 5.25. The molecule has 0 spiro atoms. The zero-order valence-corrected chi connectivity index (χ0v) is 14.6. The van der Waals surface area contributed by atoms with Crippen LogP contribution in [0.3, 0.4) is 0 Å². The Kier molecular flexibility index (Phi) is 5.60. The van der Waals surface area contributed by atoms with Gasteiger partial charge in [-0.1, -0.05) is 12.1 Å². The highest BCUT2D eigenvalue weighted by Crippen LogP contribution is 2.35. The van der Waals surface area contributed by atoms with Gasteiger partial charge in [-0.3, -0.25) is 0 Å². The minimum absolute atomic E-state index is 0.422. The molecule has 27 heavy (non-hydrogen) atoms. The Morgan fingerprint density at radius 1 is 1.33 bits per heavy atom. The molecule has 0 radical (unpaired) electrons. The maximum absolute atomic E-state index is 13.8. The van der Waals surface area contributed by atoms with Gasteiger partial charge < -0.3 is 5.41 Å². The predicted molar refractivity (Wildman–Crippen MR) is 86.2 cm³/mol. The molecule has 0 aliphatic heterocycles. The van der Waals surface area contributed by atoms with Crippen molar-refractivity contribution < 1.29 is 26.0 Å². The first kappa shape index (κ1) is 20.4. The van der Waals surface area contributed by atoms with E-state index in [0.717, 1.165) is 25.1 Å². The SMILES string of the molecule is C[C@@H](CC(=N)c1nc(C#N)ncc1F)S(=O)(=O)c1ccccc1C(F)(F)F. The first-order valence-corrected chi connectivity index (χ1v) is 8.93. The molecule has 0 unspecified atom stereocenters. The van der Waals surface area contributed by atoms with Crippen molar-refractivity contribution in [2.24, 2.45) is 0 Å². The molecule has 6 nitrogen and oxygen atoms in total. The summed E-state index contributed by atoms with van der Waals surface area (Å²) in [5.41, 5.74) is -2.47. The van der Waals surface area contributed by atoms with Gasteiger partial charge in [0.1, 0.15) is 11.8 Å². The summed E-state index contributed by atoms with van der Waals surface area (Å²) in [6.07, 6.45) is -4.82. The Balaban J connectivity index is 2.37. The fraction of sp³-hybridized carbons (Fsp3) is 0.250. The Bertz CT molecular complexity index is 1030. The van der Waals surface area contributed by atoms with Crippen LogP contribution in [0.2, 0.25) is 0 Å². The van der Waals surface area contributed by atoms with Gasteiger partial charge in [0.05, 0.1) is 27.6 Å². The van der Waals surface area contributed by atoms with Crippen LogP contribution in [-0.2, 0) is 16.0 Å². The lowest BCUT2D eigenvalue weighted by Gasteiger charge is -2.17. The number of halogens is 4. The van der Waals surface area contributed by atoms with Crippen molar-refractivity contribution in [3.63, 3.8) is 0 Å². The number of rotatable bonds is 5. The highest BCUT2D eigenvalue weighted by Gasteiger charge is 2.38. The highest BCUT2D eigenvalue weighted by molar-refractivity contribution is 7.92. The van der Waals surface area contributed by atoms with Crippen molar-refractivity contribution in [3.05, 3.63) is 53.4 Å². The lowest BCUT2D eigenvalue weighted by Crippen LogP contribution is -2.25. The largest absolute Gasteiger partial charge is 0.417 e. The fourth-order valence-corrected chi connectivity index (χ4v) is 3.87. The van der Waals surface area contributed by atoms with Crippen LogP contribution >= 0.6 is 0 Å². The molecule has 0 aliphatic carbocycles. The van der Waals surface area contributed by atoms with E-state index in [-0.39, 0.29) is 0 Å². The molecule has 0 aliphatic rings. The molecule has 0 fully saturated rings. The molecular weight excluding hydrogens is 388 g/mol. The van der Waals surface area contributed by atoms with Gasteiger partial charge in [-0.15, -0.1) is 0 Å². The molecule has 1 aromatic carbocycles. The molecule has 0 bridgehead atoms. The van der Waals surface area contributed by atoms with Gasteiger partial charge in [0, 0.05) is 6.42 Å². The third kappa shape index (κ3) is 4.28. The number of nitriles is 1. The molecule has 2 aromatic rings. The summed E-state index contributed by atoms with van der Waals surface area (Å²) in [5.74, 6) is -1.46. The summed E-state index contributed by atoms with van der Waals surface area (Å²) in [5, 5.41) is 15.1. The predicted octanol–water partition coefficient (Wildman–Crippen LogP) is 3.13. The van der Waals surface area contributed by atoms with E-state index in [4.69, 9.17) is 10.7 Å². The molecule has 1 aromatic heterocycles. The lowest BCUT2D eigenvalue weighted by atomic mass is 10.1. The van der Waals surface area contributed by atoms with Crippen LogP contribution in [0.5, 0.6) is 0 Å². The van der Waals surface area contributed by atoms with Gasteiger partial charge in [0.2, 0.25) is 5.82 Å². The van der Waals surface area contributed by atoms with Gasteiger partial charge in [-0.25, -0.2) is 22.8 Å². The third-order valence-corrected chi connectivity index (χ3v) is 5.85. The molecule has 0 saturated heterocycles. The number of benzene rings is 1. The van der Waals surface area contributed by atoms with Crippen molar-refractivity contribution in [2.75, 3.05) is 0 Å². The Labute approximate surface area is 151 Å². The van der Waals surface area contributed by atoms with E-state index in [0.29, 0.717) is 12.3 Å². The number of hydrogen-bond acceptors (Lipinski definition) is 6. The fourth-order valence-electron chi connectivity index (χ4n) is 2.29. The highest BCUT2D eigenvalue weighted by atomic mass is 32.2. The lowest BCUT2D eigenvalue weighted by molar-refractivity contribution is -0.139. The number of alkyl halides is 3. The zero-order valence-electron chi connectivity index (χ0n) is 13.7. The number of sulfone groups is 1. The number of aromatic nitrogens is 2. The van der Waals surface area contributed by atoms with E-state index in [2.05, 4.69) is 9.97 Å². The van der Waals surface area contributed by atoms with Crippen LogP contribution in [0.1, 0.15) is 30.4 Å². The quantitative estimate of drug-likeness (QED) is 0.613. The topological polar surface area (TPSA) is 108 Å². The molecule has 2 rings (SSSR count). The summed E-state index contributed by atoms with van der Waals surface area (Å²) < 4.78 is 78.3. The van der Waals surface area contributed by atoms with Gasteiger partial charge in [-0.05, 0) is 19.1 Å². The van der Waals surface area contributed by atoms with Crippen LogP contribution < -0.4 is 0 Å². The zero-order chi connectivity index (χ0) is 20.4. The van der Waals surface area contributed by atoms with Crippen molar-refractivity contribution in [2.45, 2.75) is 29.7 Å². The summed E-state index contributed by atoms with van der Waals surface area (Å²) in [6.45, 7) is 1.11. The second-order valence-electron chi connectivity index (χ2n) is 5.53. The smallest absolute Gasteiger partial charge is 0.303 e. The second kappa shape index (κ2) is 7.40. The maximum atomic E-state index is 13.8. The standard InChI is InChI=1S/C16H12F4N4O2S/c1-9(6-12(22)15-11(17)8-23-14(7-21)24-15)27(25,26)13-5-3-2-4-10(13)16(18,19)20/h2-5,8-9,22H,6H2,1H3/t9-/m0/s1. The second-order valence-corrected chi connectivity index (χ2v) is 7.87. The van der Waals surface area contributed by atoms with Crippen LogP contribution in [0.25, 0.3) is 0 Å². The van der Waals surface area contributed by atoms with Crippen molar-refractivity contribution >= 4 is 15.5 Å². The van der Waals surface area contributed by atoms with Gasteiger partial charge >= 0.3 is 6.18 Å². The molecule has 1 heterocycles. The van der Waals surface area contributed by atoms with Crippen molar-refractivity contribution in [1.82, 2.24) is 9.97 Å². The number of hydrogen-bond donors (Lipinski definition) is 1. The molecule has 0 saturated carbocycles. The van der Waals surface area contributed by atoms with Crippen molar-refractivity contribution in [3.8, 4) is 6.07 Å². The number of nitrogens with zero attached hydrogens (tertiary/aromatic N) is 3. The minimum Gasteiger partial charge on any atom is -0.303 e. The van der Waals surface area contributed by atoms with Crippen LogP contribution in [0.15, 0.2) is 35.4 Å². The van der Waals surface area contributed by atoms with Crippen LogP contribution in [0, 0.1) is 22.6 Å². The van der Waals surface area contributed by atoms with Gasteiger partial charge in [0.25, 0.3) is 0 Å². The Morgan fingerprint density at radius 3 is 2.56 bits per heavy atom. The summed E-state index contributed by atoms with van der Waals surface area (Å²) >= 11 is 0. The van der Waals surface area contributed by atoms with E-state index in [1.165, 1.54) is 0 Å². The molecule has 142 valence electrons. The van der Waals surface area contributed by atoms with E-state index in [9.17, 15) is 26.0 Å². The summed E-state index contributed by atoms with van der Waals surface area (Å²) in [7, 11) is -4.48. The average Bonchev–Trinajstić information content (AvgIpc) is 2.61. The first-order valence-electron chi connectivity index (χ1n) is 7.39. The monoisotopic (exact) mass is 400 g/mol. The summed E-state index contributed by atoms with van der Waals surface area (Å²) in [4.78, 5) is 5.96. The van der Waals surface area contributed by atoms with E-state index in [1.807, 2.05) is 0 Å². The molecule has 0 amide bonds. The van der Waals surface area contributed by atoms with E-state index >= 15 is 0 Å².